The minimum atomic E-state index is -3.76. The van der Waals surface area contributed by atoms with E-state index in [-0.39, 0.29) is 27.8 Å². The maximum Gasteiger partial charge on any atom is 0.266 e. The highest BCUT2D eigenvalue weighted by molar-refractivity contribution is 7.89. The average molecular weight is 334 g/mol. The van der Waals surface area contributed by atoms with Gasteiger partial charge in [-0.05, 0) is 31.7 Å². The number of carbonyl (C=O) groups excluding carboxylic acids is 1. The van der Waals surface area contributed by atoms with Crippen molar-refractivity contribution in [3.63, 3.8) is 0 Å². The van der Waals surface area contributed by atoms with Gasteiger partial charge in [0.1, 0.15) is 5.02 Å². The van der Waals surface area contributed by atoms with Crippen molar-refractivity contribution in [3.05, 3.63) is 27.6 Å². The van der Waals surface area contributed by atoms with Gasteiger partial charge in [0.15, 0.2) is 0 Å². The van der Waals surface area contributed by atoms with Gasteiger partial charge in [0.05, 0.1) is 4.90 Å². The Morgan fingerprint density at radius 1 is 1.33 bits per heavy atom. The number of hydrogen-bond donors (Lipinski definition) is 3. The molecule has 7 nitrogen and oxygen atoms in total. The fourth-order valence-corrected chi connectivity index (χ4v) is 3.91. The molecule has 0 unspecified atom stereocenters. The monoisotopic (exact) mass is 333 g/mol. The Kier molecular flexibility index (Phi) is 4.70. The van der Waals surface area contributed by atoms with E-state index in [9.17, 15) is 18.0 Å². The summed E-state index contributed by atoms with van der Waals surface area (Å²) in [7, 11) is -3.76. The zero-order chi connectivity index (χ0) is 15.6. The van der Waals surface area contributed by atoms with Crippen LogP contribution in [0.15, 0.2) is 22.0 Å². The summed E-state index contributed by atoms with van der Waals surface area (Å²) in [6, 6.07) is 0.855. The number of carbonyl (C=O) groups is 1. The molecule has 1 saturated carbocycles. The van der Waals surface area contributed by atoms with Crippen LogP contribution in [0.5, 0.6) is 0 Å². The van der Waals surface area contributed by atoms with Gasteiger partial charge in [0, 0.05) is 18.2 Å². The molecule has 0 bridgehead atoms. The first-order valence-electron chi connectivity index (χ1n) is 6.49. The Morgan fingerprint density at radius 3 is 2.48 bits per heavy atom. The first kappa shape index (κ1) is 16.0. The lowest BCUT2D eigenvalue weighted by molar-refractivity contribution is -0.122. The fourth-order valence-electron chi connectivity index (χ4n) is 2.38. The van der Waals surface area contributed by atoms with Gasteiger partial charge >= 0.3 is 0 Å². The van der Waals surface area contributed by atoms with E-state index >= 15 is 0 Å². The number of halogens is 1. The van der Waals surface area contributed by atoms with Crippen LogP contribution in [0.3, 0.4) is 0 Å². The SMILES string of the molecule is NC(=O)C1CCC(NS(=O)(=O)c2c[nH]c(=O)c(Cl)c2)CC1. The van der Waals surface area contributed by atoms with Gasteiger partial charge in [-0.25, -0.2) is 13.1 Å². The number of pyridine rings is 1. The van der Waals surface area contributed by atoms with Crippen molar-refractivity contribution < 1.29 is 13.2 Å². The molecule has 1 heterocycles. The smallest absolute Gasteiger partial charge is 0.266 e. The minimum Gasteiger partial charge on any atom is -0.369 e. The Hall–Kier alpha value is -1.38. The molecule has 21 heavy (non-hydrogen) atoms. The van der Waals surface area contributed by atoms with E-state index in [4.69, 9.17) is 17.3 Å². The highest BCUT2D eigenvalue weighted by atomic mass is 35.5. The predicted octanol–water partition coefficient (Wildman–Crippen LogP) is 0.351. The third kappa shape index (κ3) is 3.84. The highest BCUT2D eigenvalue weighted by Gasteiger charge is 2.28. The third-order valence-electron chi connectivity index (χ3n) is 3.59. The first-order valence-corrected chi connectivity index (χ1v) is 8.35. The van der Waals surface area contributed by atoms with Crippen molar-refractivity contribution >= 4 is 27.5 Å². The number of sulfonamides is 1. The second-order valence-corrected chi connectivity index (χ2v) is 7.21. The number of nitrogens with one attached hydrogen (secondary N) is 2. The standard InChI is InChI=1S/C12H16ClN3O4S/c13-10-5-9(6-15-12(10)18)21(19,20)16-8-3-1-7(2-4-8)11(14)17/h5-8,16H,1-4H2,(H2,14,17)(H,15,18). The van der Waals surface area contributed by atoms with Crippen LogP contribution < -0.4 is 16.0 Å². The summed E-state index contributed by atoms with van der Waals surface area (Å²) in [5, 5.41) is -0.185. The molecule has 4 N–H and O–H groups in total. The summed E-state index contributed by atoms with van der Waals surface area (Å²) < 4.78 is 26.9. The van der Waals surface area contributed by atoms with Gasteiger partial charge in [-0.3, -0.25) is 9.59 Å². The van der Waals surface area contributed by atoms with E-state index in [0.29, 0.717) is 25.7 Å². The van der Waals surface area contributed by atoms with Gasteiger partial charge in [-0.1, -0.05) is 11.6 Å². The number of amides is 1. The minimum absolute atomic E-state index is 0.0934. The number of aromatic nitrogens is 1. The number of nitrogens with two attached hydrogens (primary N) is 1. The summed E-state index contributed by atoms with van der Waals surface area (Å²) in [5.41, 5.74) is 4.69. The van der Waals surface area contributed by atoms with Crippen LogP contribution >= 0.6 is 11.6 Å². The zero-order valence-electron chi connectivity index (χ0n) is 11.1. The molecule has 1 aromatic rings. The van der Waals surface area contributed by atoms with Crippen molar-refractivity contribution in [2.45, 2.75) is 36.6 Å². The summed E-state index contributed by atoms with van der Waals surface area (Å²) in [5.74, 6) is -0.531. The first-order chi connectivity index (χ1) is 9.79. The molecule has 1 fully saturated rings. The Morgan fingerprint density at radius 2 is 1.95 bits per heavy atom. The Bertz CT molecular complexity index is 693. The largest absolute Gasteiger partial charge is 0.369 e. The lowest BCUT2D eigenvalue weighted by atomic mass is 9.86. The molecular formula is C12H16ClN3O4S. The van der Waals surface area contributed by atoms with Gasteiger partial charge in [0.25, 0.3) is 5.56 Å². The Balaban J connectivity index is 2.06. The lowest BCUT2D eigenvalue weighted by Gasteiger charge is -2.27. The third-order valence-corrected chi connectivity index (χ3v) is 5.37. The average Bonchev–Trinajstić information content (AvgIpc) is 2.42. The molecule has 1 aliphatic carbocycles. The second kappa shape index (κ2) is 6.17. The summed E-state index contributed by atoms with van der Waals surface area (Å²) in [6.07, 6.45) is 3.32. The number of hydrogen-bond acceptors (Lipinski definition) is 4. The molecule has 0 aliphatic heterocycles. The topological polar surface area (TPSA) is 122 Å². The van der Waals surface area contributed by atoms with E-state index in [1.807, 2.05) is 0 Å². The van der Waals surface area contributed by atoms with Gasteiger partial charge < -0.3 is 10.7 Å². The molecule has 0 saturated heterocycles. The van der Waals surface area contributed by atoms with Crippen LogP contribution in [0.25, 0.3) is 0 Å². The van der Waals surface area contributed by atoms with E-state index in [1.165, 1.54) is 0 Å². The normalized spacial score (nSPS) is 22.9. The van der Waals surface area contributed by atoms with Crippen LogP contribution in [0.1, 0.15) is 25.7 Å². The molecular weight excluding hydrogens is 318 g/mol. The lowest BCUT2D eigenvalue weighted by Crippen LogP contribution is -2.39. The van der Waals surface area contributed by atoms with Gasteiger partial charge in [-0.2, -0.15) is 0 Å². The highest BCUT2D eigenvalue weighted by Crippen LogP contribution is 2.25. The van der Waals surface area contributed by atoms with Crippen molar-refractivity contribution in [2.24, 2.45) is 11.7 Å². The van der Waals surface area contributed by atoms with E-state index in [1.54, 1.807) is 0 Å². The number of rotatable bonds is 4. The van der Waals surface area contributed by atoms with E-state index < -0.39 is 15.6 Å². The number of primary amides is 1. The number of aromatic amines is 1. The summed E-state index contributed by atoms with van der Waals surface area (Å²) >= 11 is 5.63. The summed E-state index contributed by atoms with van der Waals surface area (Å²) in [4.78, 5) is 24.4. The maximum atomic E-state index is 12.2. The molecule has 1 aliphatic rings. The maximum absolute atomic E-state index is 12.2. The van der Waals surface area contributed by atoms with Crippen LogP contribution in [0.2, 0.25) is 5.02 Å². The van der Waals surface area contributed by atoms with Crippen molar-refractivity contribution in [2.75, 3.05) is 0 Å². The molecule has 0 radical (unpaired) electrons. The summed E-state index contributed by atoms with van der Waals surface area (Å²) in [6.45, 7) is 0. The van der Waals surface area contributed by atoms with Crippen molar-refractivity contribution in [3.8, 4) is 0 Å². The second-order valence-electron chi connectivity index (χ2n) is 5.08. The van der Waals surface area contributed by atoms with E-state index in [2.05, 4.69) is 9.71 Å². The van der Waals surface area contributed by atoms with Crippen LogP contribution in [-0.4, -0.2) is 25.4 Å². The molecule has 9 heteroatoms. The molecule has 0 atom stereocenters. The number of H-pyrrole nitrogens is 1. The van der Waals surface area contributed by atoms with E-state index in [0.717, 1.165) is 12.3 Å². The Labute approximate surface area is 126 Å². The van der Waals surface area contributed by atoms with Gasteiger partial charge in [0.2, 0.25) is 15.9 Å². The fraction of sp³-hybridized carbons (Fsp3) is 0.500. The molecule has 2 rings (SSSR count). The molecule has 0 spiro atoms. The van der Waals surface area contributed by atoms with Crippen LogP contribution in [0, 0.1) is 5.92 Å². The van der Waals surface area contributed by atoms with Crippen LogP contribution in [0.4, 0.5) is 0 Å². The molecule has 1 aromatic heterocycles. The van der Waals surface area contributed by atoms with Crippen molar-refractivity contribution in [1.29, 1.82) is 0 Å². The van der Waals surface area contributed by atoms with Crippen molar-refractivity contribution in [1.82, 2.24) is 9.71 Å². The quantitative estimate of drug-likeness (QED) is 0.735. The van der Waals surface area contributed by atoms with Gasteiger partial charge in [-0.15, -0.1) is 0 Å². The predicted molar refractivity (Wildman–Crippen MR) is 77.3 cm³/mol. The zero-order valence-corrected chi connectivity index (χ0v) is 12.7. The molecule has 1 amide bonds. The van der Waals surface area contributed by atoms with Crippen LogP contribution in [-0.2, 0) is 14.8 Å². The molecule has 0 aromatic carbocycles. The molecule has 116 valence electrons.